The SMILES string of the molecule is CC.Cc1cc(-c2nc(-c3ccc(C(C)(C)C)cc3)nc(-c3ccc(C(C)(C)C)cc3)n2)cc(C)c1C. The van der Waals surface area contributed by atoms with Crippen LogP contribution in [0, 0.1) is 20.8 Å². The van der Waals surface area contributed by atoms with Crippen molar-refractivity contribution in [3.05, 3.63) is 88.5 Å². The lowest BCUT2D eigenvalue weighted by molar-refractivity contribution is 0.590. The first kappa shape index (κ1) is 28.2. The molecule has 0 spiro atoms. The molecule has 0 aliphatic heterocycles. The van der Waals surface area contributed by atoms with Gasteiger partial charge in [-0.25, -0.2) is 15.0 Å². The van der Waals surface area contributed by atoms with Crippen LogP contribution in [0.15, 0.2) is 60.7 Å². The molecular weight excluding hydrogens is 450 g/mol. The van der Waals surface area contributed by atoms with E-state index in [1.807, 2.05) is 13.8 Å². The van der Waals surface area contributed by atoms with Gasteiger partial charge in [-0.3, -0.25) is 0 Å². The molecule has 37 heavy (non-hydrogen) atoms. The molecular formula is C34H43N3. The van der Waals surface area contributed by atoms with Gasteiger partial charge in [0.25, 0.3) is 0 Å². The first-order valence-corrected chi connectivity index (χ1v) is 13.4. The van der Waals surface area contributed by atoms with Gasteiger partial charge in [-0.1, -0.05) is 104 Å². The second kappa shape index (κ2) is 11.0. The van der Waals surface area contributed by atoms with Crippen LogP contribution in [0.4, 0.5) is 0 Å². The molecule has 0 unspecified atom stereocenters. The molecule has 0 aliphatic carbocycles. The summed E-state index contributed by atoms with van der Waals surface area (Å²) in [5.74, 6) is 2.10. The van der Waals surface area contributed by atoms with E-state index in [0.29, 0.717) is 17.5 Å². The molecule has 1 heterocycles. The Morgan fingerprint density at radius 3 is 1.05 bits per heavy atom. The van der Waals surface area contributed by atoms with E-state index in [-0.39, 0.29) is 10.8 Å². The maximum absolute atomic E-state index is 4.94. The van der Waals surface area contributed by atoms with E-state index in [1.165, 1.54) is 27.8 Å². The van der Waals surface area contributed by atoms with Crippen LogP contribution in [0.25, 0.3) is 34.2 Å². The molecule has 0 fully saturated rings. The Kier molecular flexibility index (Phi) is 8.37. The van der Waals surface area contributed by atoms with Crippen molar-refractivity contribution in [3.8, 4) is 34.2 Å². The van der Waals surface area contributed by atoms with Crippen molar-refractivity contribution in [2.75, 3.05) is 0 Å². The largest absolute Gasteiger partial charge is 0.208 e. The Labute approximate surface area is 224 Å². The van der Waals surface area contributed by atoms with Crippen molar-refractivity contribution < 1.29 is 0 Å². The zero-order chi connectivity index (χ0) is 27.5. The van der Waals surface area contributed by atoms with Crippen LogP contribution < -0.4 is 0 Å². The number of aryl methyl sites for hydroxylation is 2. The number of rotatable bonds is 3. The van der Waals surface area contributed by atoms with Crippen LogP contribution in [0.2, 0.25) is 0 Å². The zero-order valence-electron chi connectivity index (χ0n) is 24.6. The Balaban J connectivity index is 0.00000186. The molecule has 4 aromatic rings. The second-order valence-corrected chi connectivity index (χ2v) is 11.7. The minimum Gasteiger partial charge on any atom is -0.208 e. The Morgan fingerprint density at radius 2 is 0.757 bits per heavy atom. The van der Waals surface area contributed by atoms with Gasteiger partial charge < -0.3 is 0 Å². The standard InChI is InChI=1S/C32H37N3.C2H6/c1-20-18-25(19-21(2)22(20)3)30-34-28(23-10-14-26(15-11-23)31(4,5)6)33-29(35-30)24-12-16-27(17-13-24)32(7,8)9;1-2/h10-19H,1-9H3;1-2H3. The van der Waals surface area contributed by atoms with E-state index >= 15 is 0 Å². The third-order valence-corrected chi connectivity index (χ3v) is 6.84. The lowest BCUT2D eigenvalue weighted by atomic mass is 9.86. The predicted molar refractivity (Wildman–Crippen MR) is 159 cm³/mol. The first-order chi connectivity index (χ1) is 17.3. The minimum atomic E-state index is 0.0969. The first-order valence-electron chi connectivity index (χ1n) is 13.4. The molecule has 0 aliphatic rings. The predicted octanol–water partition coefficient (Wildman–Crippen LogP) is 9.42. The normalized spacial score (nSPS) is 11.6. The highest BCUT2D eigenvalue weighted by molar-refractivity contribution is 5.68. The van der Waals surface area contributed by atoms with Crippen molar-refractivity contribution in [1.29, 1.82) is 0 Å². The summed E-state index contributed by atoms with van der Waals surface area (Å²) in [6, 6.07) is 21.6. The molecule has 0 saturated heterocycles. The Morgan fingerprint density at radius 1 is 0.459 bits per heavy atom. The average Bonchev–Trinajstić information content (AvgIpc) is 2.87. The quantitative estimate of drug-likeness (QED) is 0.285. The number of hydrogen-bond donors (Lipinski definition) is 0. The topological polar surface area (TPSA) is 38.7 Å². The fraction of sp³-hybridized carbons (Fsp3) is 0.382. The van der Waals surface area contributed by atoms with Gasteiger partial charge in [-0.05, 0) is 71.6 Å². The molecule has 0 radical (unpaired) electrons. The van der Waals surface area contributed by atoms with Gasteiger partial charge in [-0.15, -0.1) is 0 Å². The van der Waals surface area contributed by atoms with Crippen LogP contribution in [-0.2, 0) is 10.8 Å². The maximum Gasteiger partial charge on any atom is 0.164 e. The maximum atomic E-state index is 4.94. The van der Waals surface area contributed by atoms with Crippen LogP contribution in [0.5, 0.6) is 0 Å². The molecule has 3 heteroatoms. The van der Waals surface area contributed by atoms with Crippen molar-refractivity contribution in [2.45, 2.75) is 87.0 Å². The second-order valence-electron chi connectivity index (χ2n) is 11.7. The van der Waals surface area contributed by atoms with Crippen LogP contribution in [0.3, 0.4) is 0 Å². The lowest BCUT2D eigenvalue weighted by Crippen LogP contribution is -2.11. The monoisotopic (exact) mass is 493 g/mol. The fourth-order valence-corrected chi connectivity index (χ4v) is 4.17. The van der Waals surface area contributed by atoms with E-state index < -0.39 is 0 Å². The molecule has 3 aromatic carbocycles. The molecule has 4 rings (SSSR count). The van der Waals surface area contributed by atoms with Crippen molar-refractivity contribution in [1.82, 2.24) is 15.0 Å². The summed E-state index contributed by atoms with van der Waals surface area (Å²) in [5, 5.41) is 0. The summed E-state index contributed by atoms with van der Waals surface area (Å²) in [4.78, 5) is 14.8. The van der Waals surface area contributed by atoms with Crippen LogP contribution in [-0.4, -0.2) is 15.0 Å². The van der Waals surface area contributed by atoms with E-state index in [4.69, 9.17) is 15.0 Å². The molecule has 0 atom stereocenters. The Hall–Kier alpha value is -3.33. The molecule has 0 bridgehead atoms. The molecule has 0 amide bonds. The van der Waals surface area contributed by atoms with Gasteiger partial charge in [0.2, 0.25) is 0 Å². The van der Waals surface area contributed by atoms with E-state index in [2.05, 4.69) is 123 Å². The summed E-state index contributed by atoms with van der Waals surface area (Å²) in [5.41, 5.74) is 9.58. The number of benzene rings is 3. The highest BCUT2D eigenvalue weighted by Gasteiger charge is 2.17. The fourth-order valence-electron chi connectivity index (χ4n) is 4.17. The van der Waals surface area contributed by atoms with E-state index in [9.17, 15) is 0 Å². The highest BCUT2D eigenvalue weighted by Crippen LogP contribution is 2.30. The summed E-state index contributed by atoms with van der Waals surface area (Å²) >= 11 is 0. The molecule has 194 valence electrons. The minimum absolute atomic E-state index is 0.0969. The average molecular weight is 494 g/mol. The number of hydrogen-bond acceptors (Lipinski definition) is 3. The summed E-state index contributed by atoms with van der Waals surface area (Å²) in [7, 11) is 0. The van der Waals surface area contributed by atoms with Gasteiger partial charge in [0.1, 0.15) is 0 Å². The summed E-state index contributed by atoms with van der Waals surface area (Å²) in [6.45, 7) is 23.8. The van der Waals surface area contributed by atoms with Crippen molar-refractivity contribution in [3.63, 3.8) is 0 Å². The highest BCUT2D eigenvalue weighted by atomic mass is 15.0. The molecule has 3 nitrogen and oxygen atoms in total. The van der Waals surface area contributed by atoms with Crippen molar-refractivity contribution in [2.24, 2.45) is 0 Å². The molecule has 0 saturated carbocycles. The van der Waals surface area contributed by atoms with Crippen LogP contribution >= 0.6 is 0 Å². The van der Waals surface area contributed by atoms with Gasteiger partial charge in [0.05, 0.1) is 0 Å². The lowest BCUT2D eigenvalue weighted by Gasteiger charge is -2.19. The Bertz CT molecular complexity index is 1250. The molecule has 0 N–H and O–H groups in total. The smallest absolute Gasteiger partial charge is 0.164 e. The summed E-state index contributed by atoms with van der Waals surface area (Å²) in [6.07, 6.45) is 0. The third-order valence-electron chi connectivity index (χ3n) is 6.84. The van der Waals surface area contributed by atoms with E-state index in [1.54, 1.807) is 0 Å². The van der Waals surface area contributed by atoms with Gasteiger partial charge in [-0.2, -0.15) is 0 Å². The van der Waals surface area contributed by atoms with Gasteiger partial charge in [0, 0.05) is 16.7 Å². The summed E-state index contributed by atoms with van der Waals surface area (Å²) < 4.78 is 0. The number of nitrogens with zero attached hydrogens (tertiary/aromatic N) is 3. The van der Waals surface area contributed by atoms with Gasteiger partial charge >= 0.3 is 0 Å². The zero-order valence-corrected chi connectivity index (χ0v) is 24.6. The van der Waals surface area contributed by atoms with E-state index in [0.717, 1.165) is 16.7 Å². The molecule has 1 aromatic heterocycles. The number of aromatic nitrogens is 3. The van der Waals surface area contributed by atoms with Crippen LogP contribution in [0.1, 0.15) is 83.2 Å². The van der Waals surface area contributed by atoms with Crippen molar-refractivity contribution >= 4 is 0 Å². The van der Waals surface area contributed by atoms with Gasteiger partial charge in [0.15, 0.2) is 17.5 Å². The third kappa shape index (κ3) is 6.52.